The number of likely N-dealkylation sites (N-methyl/N-ethyl adjacent to an activating group) is 1. The predicted octanol–water partition coefficient (Wildman–Crippen LogP) is 5.05. The molecule has 0 spiro atoms. The second kappa shape index (κ2) is 9.33. The second-order valence-electron chi connectivity index (χ2n) is 10.3. The summed E-state index contributed by atoms with van der Waals surface area (Å²) < 4.78 is 14.7. The zero-order chi connectivity index (χ0) is 27.4. The number of fused-ring (bicyclic) bond motifs is 7. The first kappa shape index (κ1) is 25.5. The molecule has 9 heteroatoms. The number of ether oxygens (including phenoxy) is 1. The van der Waals surface area contributed by atoms with Gasteiger partial charge in [0.05, 0.1) is 16.3 Å². The summed E-state index contributed by atoms with van der Waals surface area (Å²) in [6, 6.07) is 11.3. The summed E-state index contributed by atoms with van der Waals surface area (Å²) in [7, 11) is 0. The Bertz CT molecular complexity index is 1830. The lowest BCUT2D eigenvalue weighted by molar-refractivity contribution is 0.0550. The van der Waals surface area contributed by atoms with E-state index in [2.05, 4.69) is 4.90 Å². The Hall–Kier alpha value is -4.11. The lowest BCUT2D eigenvalue weighted by atomic mass is 10.0. The summed E-state index contributed by atoms with van der Waals surface area (Å²) in [6.45, 7) is 11.8. The predicted molar refractivity (Wildman–Crippen MR) is 148 cm³/mol. The van der Waals surface area contributed by atoms with E-state index in [0.29, 0.717) is 33.9 Å². The summed E-state index contributed by atoms with van der Waals surface area (Å²) in [6.07, 6.45) is -0.654. The molecule has 0 aliphatic heterocycles. The van der Waals surface area contributed by atoms with Crippen LogP contribution in [0.5, 0.6) is 5.88 Å². The molecule has 0 aliphatic rings. The maximum atomic E-state index is 13.8. The molecule has 9 nitrogen and oxygen atoms in total. The van der Waals surface area contributed by atoms with Gasteiger partial charge in [-0.3, -0.25) is 14.2 Å². The average Bonchev–Trinajstić information content (AvgIpc) is 3.12. The molecule has 0 bridgehead atoms. The van der Waals surface area contributed by atoms with Crippen LogP contribution in [0, 0.1) is 0 Å². The number of carbonyl (C=O) groups is 1. The van der Waals surface area contributed by atoms with Crippen LogP contribution in [-0.2, 0) is 11.3 Å². The minimum absolute atomic E-state index is 0.109. The first-order valence-electron chi connectivity index (χ1n) is 12.8. The number of nitrogens with zero attached hydrogens (tertiary/aromatic N) is 3. The fourth-order valence-corrected chi connectivity index (χ4v) is 4.99. The summed E-state index contributed by atoms with van der Waals surface area (Å²) in [5, 5.41) is 12.5. The van der Waals surface area contributed by atoms with Gasteiger partial charge in [-0.15, -0.1) is 0 Å². The Morgan fingerprint density at radius 3 is 2.42 bits per heavy atom. The summed E-state index contributed by atoms with van der Waals surface area (Å²) in [5.41, 5.74) is -0.302. The van der Waals surface area contributed by atoms with Crippen molar-refractivity contribution >= 4 is 49.8 Å². The third-order valence-corrected chi connectivity index (χ3v) is 6.80. The molecule has 3 aromatic carbocycles. The van der Waals surface area contributed by atoms with Crippen LogP contribution in [-0.4, -0.2) is 50.5 Å². The maximum absolute atomic E-state index is 13.8. The first-order chi connectivity index (χ1) is 18.1. The number of rotatable bonds is 5. The largest absolute Gasteiger partial charge is 0.494 e. The summed E-state index contributed by atoms with van der Waals surface area (Å²) >= 11 is 0. The molecule has 0 atom stereocenters. The third-order valence-electron chi connectivity index (χ3n) is 6.80. The van der Waals surface area contributed by atoms with Crippen molar-refractivity contribution in [2.45, 2.75) is 46.8 Å². The van der Waals surface area contributed by atoms with Gasteiger partial charge in [0.15, 0.2) is 16.6 Å². The van der Waals surface area contributed by atoms with E-state index in [1.807, 2.05) is 13.8 Å². The maximum Gasteiger partial charge on any atom is 0.419 e. The minimum atomic E-state index is -0.789. The quantitative estimate of drug-likeness (QED) is 0.257. The van der Waals surface area contributed by atoms with Gasteiger partial charge in [0.2, 0.25) is 5.88 Å². The molecule has 5 rings (SSSR count). The highest BCUT2D eigenvalue weighted by molar-refractivity contribution is 6.26. The number of carbonyl (C=O) groups excluding carboxylic acids is 1. The number of para-hydroxylation sites is 2. The Kier molecular flexibility index (Phi) is 6.27. The van der Waals surface area contributed by atoms with Crippen LogP contribution in [0.1, 0.15) is 34.6 Å². The van der Waals surface area contributed by atoms with Crippen LogP contribution in [0.3, 0.4) is 0 Å². The highest BCUT2D eigenvalue weighted by Gasteiger charge is 2.28. The monoisotopic (exact) mass is 517 g/mol. The van der Waals surface area contributed by atoms with E-state index in [1.54, 1.807) is 51.1 Å². The lowest BCUT2D eigenvalue weighted by Crippen LogP contribution is -2.29. The smallest absolute Gasteiger partial charge is 0.419 e. The lowest BCUT2D eigenvalue weighted by Gasteiger charge is -2.22. The molecule has 0 fully saturated rings. The molecule has 0 radical (unpaired) electrons. The molecule has 1 N–H and O–H groups in total. The van der Waals surface area contributed by atoms with E-state index in [0.717, 1.165) is 13.1 Å². The number of hydrogen-bond donors (Lipinski definition) is 1. The van der Waals surface area contributed by atoms with Gasteiger partial charge in [0.25, 0.3) is 5.56 Å². The number of aromatic hydroxyl groups is 1. The number of benzene rings is 3. The van der Waals surface area contributed by atoms with Gasteiger partial charge in [0.1, 0.15) is 11.1 Å². The Morgan fingerprint density at radius 2 is 1.74 bits per heavy atom. The standard InChI is InChI=1S/C29H31N3O6/c1-6-30(7-2)14-15-31-26(34)22-19-16-17(33)12-13-18(19)24-25(23(22)27(31)35)37-21-11-9-8-10-20(21)32(24)28(36)38-29(3,4)5/h8-13,16,34H,6-7,14-15H2,1-5H3. The van der Waals surface area contributed by atoms with Gasteiger partial charge in [-0.1, -0.05) is 26.0 Å². The highest BCUT2D eigenvalue weighted by atomic mass is 16.6. The molecular formula is C29H31N3O6. The van der Waals surface area contributed by atoms with E-state index in [-0.39, 0.29) is 34.2 Å². The van der Waals surface area contributed by atoms with Crippen molar-refractivity contribution in [1.29, 1.82) is 0 Å². The Balaban J connectivity index is 1.98. The number of hydrogen-bond acceptors (Lipinski definition) is 7. The fourth-order valence-electron chi connectivity index (χ4n) is 4.99. The molecule has 2 aromatic heterocycles. The Labute approximate surface area is 218 Å². The van der Waals surface area contributed by atoms with Crippen molar-refractivity contribution in [3.63, 3.8) is 0 Å². The first-order valence-corrected chi connectivity index (χ1v) is 12.8. The zero-order valence-corrected chi connectivity index (χ0v) is 22.2. The molecular weight excluding hydrogens is 486 g/mol. The summed E-state index contributed by atoms with van der Waals surface area (Å²) in [4.78, 5) is 42.1. The van der Waals surface area contributed by atoms with Crippen LogP contribution in [0.4, 0.5) is 4.79 Å². The topological polar surface area (TPSA) is 107 Å². The van der Waals surface area contributed by atoms with Gasteiger partial charge >= 0.3 is 6.09 Å². The van der Waals surface area contributed by atoms with Crippen molar-refractivity contribution in [2.75, 3.05) is 19.6 Å². The molecule has 0 aliphatic carbocycles. The zero-order valence-electron chi connectivity index (χ0n) is 22.2. The van der Waals surface area contributed by atoms with Gasteiger partial charge in [0, 0.05) is 23.9 Å². The third kappa shape index (κ3) is 4.12. The van der Waals surface area contributed by atoms with Crippen molar-refractivity contribution in [3.8, 4) is 5.88 Å². The van der Waals surface area contributed by atoms with Crippen LogP contribution in [0.15, 0.2) is 56.5 Å². The normalized spacial score (nSPS) is 12.4. The van der Waals surface area contributed by atoms with Crippen molar-refractivity contribution in [3.05, 3.63) is 63.0 Å². The second-order valence-corrected chi connectivity index (χ2v) is 10.3. The van der Waals surface area contributed by atoms with E-state index in [9.17, 15) is 19.5 Å². The molecule has 0 amide bonds. The Morgan fingerprint density at radius 1 is 1.03 bits per heavy atom. The van der Waals surface area contributed by atoms with Crippen LogP contribution < -0.4 is 11.0 Å². The molecule has 198 valence electrons. The van der Waals surface area contributed by atoms with Gasteiger partial charge in [-0.2, -0.15) is 0 Å². The molecule has 38 heavy (non-hydrogen) atoms. The molecule has 2 heterocycles. The highest BCUT2D eigenvalue weighted by Crippen LogP contribution is 2.39. The van der Waals surface area contributed by atoms with Crippen LogP contribution >= 0.6 is 0 Å². The average molecular weight is 518 g/mol. The molecule has 0 saturated carbocycles. The van der Waals surface area contributed by atoms with E-state index in [1.165, 1.54) is 21.3 Å². The molecule has 0 saturated heterocycles. The molecule has 0 unspecified atom stereocenters. The minimum Gasteiger partial charge on any atom is -0.494 e. The van der Waals surface area contributed by atoms with E-state index < -0.39 is 17.3 Å². The molecule has 5 aromatic rings. The fraction of sp³-hybridized carbons (Fsp3) is 0.345. The van der Waals surface area contributed by atoms with Gasteiger partial charge in [-0.05, 0) is 64.2 Å². The van der Waals surface area contributed by atoms with Crippen molar-refractivity contribution in [1.82, 2.24) is 14.0 Å². The van der Waals surface area contributed by atoms with Crippen molar-refractivity contribution in [2.24, 2.45) is 0 Å². The summed E-state index contributed by atoms with van der Waals surface area (Å²) in [5.74, 6) is -0.234. The van der Waals surface area contributed by atoms with E-state index >= 15 is 0 Å². The van der Waals surface area contributed by atoms with Gasteiger partial charge in [-0.25, -0.2) is 9.36 Å². The van der Waals surface area contributed by atoms with Crippen molar-refractivity contribution < 1.29 is 19.1 Å². The number of aromatic nitrogens is 2. The van der Waals surface area contributed by atoms with Crippen LogP contribution in [0.2, 0.25) is 0 Å². The van der Waals surface area contributed by atoms with Crippen LogP contribution in [0.25, 0.3) is 43.7 Å². The SMILES string of the molecule is CCN(CC)CCn1c(O)c2c3cc(=O)ccc3c3c(oc4ccccc4n3C(=O)OC(C)(C)C)c2c1=O. The van der Waals surface area contributed by atoms with E-state index in [4.69, 9.17) is 9.15 Å². The van der Waals surface area contributed by atoms with Gasteiger partial charge < -0.3 is 19.2 Å².